The SMILES string of the molecule is CCc1nc(CN2CCN(C(=O)C3CCN(Cc4csc(C)n4)CC3)CC2)cs1. The number of amides is 1. The van der Waals surface area contributed by atoms with Crippen LogP contribution in [0.15, 0.2) is 10.8 Å². The molecule has 0 N–H and O–H groups in total. The van der Waals surface area contributed by atoms with E-state index in [-0.39, 0.29) is 5.92 Å². The van der Waals surface area contributed by atoms with Crippen molar-refractivity contribution in [3.63, 3.8) is 0 Å². The summed E-state index contributed by atoms with van der Waals surface area (Å²) in [4.78, 5) is 29.2. The Bertz CT molecular complexity index is 804. The highest BCUT2D eigenvalue weighted by Gasteiger charge is 2.30. The number of thiazole rings is 2. The number of aryl methyl sites for hydroxylation is 2. The van der Waals surface area contributed by atoms with Crippen molar-refractivity contribution in [1.29, 1.82) is 0 Å². The highest BCUT2D eigenvalue weighted by atomic mass is 32.1. The zero-order chi connectivity index (χ0) is 20.2. The molecule has 4 rings (SSSR count). The van der Waals surface area contributed by atoms with Gasteiger partial charge in [0.2, 0.25) is 5.91 Å². The summed E-state index contributed by atoms with van der Waals surface area (Å²) in [6.07, 6.45) is 2.96. The molecule has 0 saturated carbocycles. The van der Waals surface area contributed by atoms with Crippen LogP contribution in [0.25, 0.3) is 0 Å². The lowest BCUT2D eigenvalue weighted by Crippen LogP contribution is -2.51. The van der Waals surface area contributed by atoms with Gasteiger partial charge in [0.25, 0.3) is 0 Å². The largest absolute Gasteiger partial charge is 0.340 e. The van der Waals surface area contributed by atoms with E-state index in [1.807, 2.05) is 0 Å². The molecule has 158 valence electrons. The van der Waals surface area contributed by atoms with Crippen molar-refractivity contribution in [1.82, 2.24) is 24.7 Å². The number of aromatic nitrogens is 2. The second kappa shape index (κ2) is 9.64. The van der Waals surface area contributed by atoms with E-state index < -0.39 is 0 Å². The molecule has 4 heterocycles. The van der Waals surface area contributed by atoms with E-state index in [0.29, 0.717) is 5.91 Å². The van der Waals surface area contributed by atoms with Crippen LogP contribution in [0.4, 0.5) is 0 Å². The van der Waals surface area contributed by atoms with Crippen LogP contribution < -0.4 is 0 Å². The molecule has 2 fully saturated rings. The van der Waals surface area contributed by atoms with Gasteiger partial charge < -0.3 is 4.90 Å². The van der Waals surface area contributed by atoms with Crippen molar-refractivity contribution in [2.45, 2.75) is 46.2 Å². The second-order valence-corrected chi connectivity index (χ2v) is 10.1. The third-order valence-electron chi connectivity index (χ3n) is 5.96. The number of hydrogen-bond acceptors (Lipinski definition) is 7. The molecule has 6 nitrogen and oxygen atoms in total. The highest BCUT2D eigenvalue weighted by molar-refractivity contribution is 7.09. The molecular formula is C21H31N5OS2. The Morgan fingerprint density at radius 3 is 2.17 bits per heavy atom. The summed E-state index contributed by atoms with van der Waals surface area (Å²) in [7, 11) is 0. The molecule has 0 radical (unpaired) electrons. The zero-order valence-corrected chi connectivity index (χ0v) is 19.1. The monoisotopic (exact) mass is 433 g/mol. The number of piperidine rings is 1. The molecule has 2 aromatic rings. The molecule has 0 atom stereocenters. The van der Waals surface area contributed by atoms with Gasteiger partial charge in [-0.05, 0) is 39.3 Å². The molecule has 8 heteroatoms. The molecule has 1 amide bonds. The van der Waals surface area contributed by atoms with Crippen LogP contribution in [0.5, 0.6) is 0 Å². The summed E-state index contributed by atoms with van der Waals surface area (Å²) < 4.78 is 0. The lowest BCUT2D eigenvalue weighted by molar-refractivity contribution is -0.139. The van der Waals surface area contributed by atoms with E-state index in [1.54, 1.807) is 22.7 Å². The van der Waals surface area contributed by atoms with Gasteiger partial charge in [0.05, 0.1) is 21.4 Å². The first-order valence-corrected chi connectivity index (χ1v) is 12.4. The Morgan fingerprint density at radius 2 is 1.59 bits per heavy atom. The Hall–Kier alpha value is -1.35. The summed E-state index contributed by atoms with van der Waals surface area (Å²) in [5.41, 5.74) is 2.34. The van der Waals surface area contributed by atoms with Gasteiger partial charge in [-0.3, -0.25) is 14.6 Å². The van der Waals surface area contributed by atoms with Crippen molar-refractivity contribution in [3.05, 3.63) is 32.2 Å². The summed E-state index contributed by atoms with van der Waals surface area (Å²) >= 11 is 3.47. The van der Waals surface area contributed by atoms with Crippen LogP contribution in [-0.2, 0) is 24.3 Å². The molecule has 0 bridgehead atoms. The lowest BCUT2D eigenvalue weighted by atomic mass is 9.95. The molecule has 2 saturated heterocycles. The fraction of sp³-hybridized carbons (Fsp3) is 0.667. The third kappa shape index (κ3) is 5.42. The van der Waals surface area contributed by atoms with Crippen LogP contribution in [0, 0.1) is 12.8 Å². The van der Waals surface area contributed by atoms with E-state index >= 15 is 0 Å². The summed E-state index contributed by atoms with van der Waals surface area (Å²) in [6.45, 7) is 11.6. The van der Waals surface area contributed by atoms with E-state index in [1.165, 1.54) is 16.4 Å². The minimum atomic E-state index is 0.195. The quantitative estimate of drug-likeness (QED) is 0.701. The van der Waals surface area contributed by atoms with Crippen molar-refractivity contribution in [3.8, 4) is 0 Å². The number of nitrogens with zero attached hydrogens (tertiary/aromatic N) is 5. The van der Waals surface area contributed by atoms with E-state index in [9.17, 15) is 4.79 Å². The van der Waals surface area contributed by atoms with Gasteiger partial charge in [0.15, 0.2) is 0 Å². The molecule has 0 unspecified atom stereocenters. The second-order valence-electron chi connectivity index (χ2n) is 8.10. The van der Waals surface area contributed by atoms with Crippen LogP contribution in [0.3, 0.4) is 0 Å². The average molecular weight is 434 g/mol. The number of hydrogen-bond donors (Lipinski definition) is 0. The van der Waals surface area contributed by atoms with E-state index in [4.69, 9.17) is 0 Å². The highest BCUT2D eigenvalue weighted by Crippen LogP contribution is 2.23. The van der Waals surface area contributed by atoms with Gasteiger partial charge in [0.1, 0.15) is 0 Å². The standard InChI is InChI=1S/C21H31N5OS2/c1-3-20-23-19(15-29-20)13-25-8-10-26(11-9-25)21(27)17-4-6-24(7-5-17)12-18-14-28-16(2)22-18/h14-15,17H,3-13H2,1-2H3. The first-order chi connectivity index (χ1) is 14.1. The van der Waals surface area contributed by atoms with E-state index in [2.05, 4.69) is 49.3 Å². The smallest absolute Gasteiger partial charge is 0.225 e. The molecule has 29 heavy (non-hydrogen) atoms. The van der Waals surface area contributed by atoms with E-state index in [0.717, 1.165) is 76.6 Å². The normalized spacial score (nSPS) is 19.7. The van der Waals surface area contributed by atoms with Crippen LogP contribution >= 0.6 is 22.7 Å². The molecule has 0 aromatic carbocycles. The Morgan fingerprint density at radius 1 is 0.966 bits per heavy atom. The Balaban J connectivity index is 1.20. The summed E-state index contributed by atoms with van der Waals surface area (Å²) in [5, 5.41) is 6.67. The van der Waals surface area contributed by atoms with Crippen molar-refractivity contribution in [2.75, 3.05) is 39.3 Å². The topological polar surface area (TPSA) is 52.6 Å². The van der Waals surface area contributed by atoms with Gasteiger partial charge in [-0.15, -0.1) is 22.7 Å². The fourth-order valence-corrected chi connectivity index (χ4v) is 5.59. The molecule has 2 aliphatic heterocycles. The van der Waals surface area contributed by atoms with Crippen molar-refractivity contribution < 1.29 is 4.79 Å². The molecule has 0 aliphatic carbocycles. The third-order valence-corrected chi connectivity index (χ3v) is 7.82. The Labute approximate surface area is 181 Å². The number of carbonyl (C=O) groups is 1. The fourth-order valence-electron chi connectivity index (χ4n) is 4.25. The average Bonchev–Trinajstić information content (AvgIpc) is 3.37. The number of likely N-dealkylation sites (tertiary alicyclic amines) is 1. The number of carbonyl (C=O) groups excluding carboxylic acids is 1. The van der Waals surface area contributed by atoms with Gasteiger partial charge >= 0.3 is 0 Å². The maximum Gasteiger partial charge on any atom is 0.225 e. The summed E-state index contributed by atoms with van der Waals surface area (Å²) in [6, 6.07) is 0. The van der Waals surface area contributed by atoms with Gasteiger partial charge in [-0.1, -0.05) is 6.92 Å². The zero-order valence-electron chi connectivity index (χ0n) is 17.5. The molecule has 2 aliphatic rings. The Kier molecular flexibility index (Phi) is 6.95. The van der Waals surface area contributed by atoms with Crippen LogP contribution in [-0.4, -0.2) is 69.8 Å². The molecule has 0 spiro atoms. The number of piperazine rings is 1. The van der Waals surface area contributed by atoms with Crippen LogP contribution in [0.1, 0.15) is 41.2 Å². The maximum atomic E-state index is 13.0. The number of rotatable bonds is 6. The van der Waals surface area contributed by atoms with Crippen LogP contribution in [0.2, 0.25) is 0 Å². The summed E-state index contributed by atoms with van der Waals surface area (Å²) in [5.74, 6) is 0.566. The predicted octanol–water partition coefficient (Wildman–Crippen LogP) is 3.03. The van der Waals surface area contributed by atoms with Gasteiger partial charge in [0, 0.05) is 55.9 Å². The molecule has 2 aromatic heterocycles. The van der Waals surface area contributed by atoms with Crippen molar-refractivity contribution >= 4 is 28.6 Å². The van der Waals surface area contributed by atoms with Crippen molar-refractivity contribution in [2.24, 2.45) is 5.92 Å². The minimum Gasteiger partial charge on any atom is -0.340 e. The van der Waals surface area contributed by atoms with Gasteiger partial charge in [-0.25, -0.2) is 9.97 Å². The first-order valence-electron chi connectivity index (χ1n) is 10.7. The predicted molar refractivity (Wildman–Crippen MR) is 118 cm³/mol. The lowest BCUT2D eigenvalue weighted by Gasteiger charge is -2.38. The maximum absolute atomic E-state index is 13.0. The minimum absolute atomic E-state index is 0.195. The van der Waals surface area contributed by atoms with Gasteiger partial charge in [-0.2, -0.15) is 0 Å². The first kappa shape index (κ1) is 20.9. The molecular weight excluding hydrogens is 402 g/mol.